The number of nitrogens with zero attached hydrogens (tertiary/aromatic N) is 1. The molecule has 1 aliphatic carbocycles. The molecule has 3 heteroatoms. The lowest BCUT2D eigenvalue weighted by Crippen LogP contribution is -2.08. The fourth-order valence-electron chi connectivity index (χ4n) is 1.38. The van der Waals surface area contributed by atoms with Gasteiger partial charge in [0.2, 0.25) is 0 Å². The molecule has 1 fully saturated rings. The van der Waals surface area contributed by atoms with Crippen LogP contribution in [0.25, 0.3) is 0 Å². The highest BCUT2D eigenvalue weighted by Crippen LogP contribution is 2.33. The van der Waals surface area contributed by atoms with Crippen molar-refractivity contribution in [3.8, 4) is 0 Å². The monoisotopic (exact) mass is 177 g/mol. The van der Waals surface area contributed by atoms with Crippen molar-refractivity contribution in [1.82, 2.24) is 4.98 Å². The van der Waals surface area contributed by atoms with E-state index in [1.807, 2.05) is 13.0 Å². The summed E-state index contributed by atoms with van der Waals surface area (Å²) in [6.45, 7) is 4.22. The van der Waals surface area contributed by atoms with Crippen molar-refractivity contribution in [3.05, 3.63) is 17.8 Å². The SMILES string of the molecule is Cc1ccnc(NC2CC2C)c1N. The molecule has 0 saturated heterocycles. The van der Waals surface area contributed by atoms with Gasteiger partial charge in [-0.25, -0.2) is 4.98 Å². The Morgan fingerprint density at radius 1 is 1.62 bits per heavy atom. The number of aryl methyl sites for hydroxylation is 1. The molecule has 1 saturated carbocycles. The Hall–Kier alpha value is -1.25. The van der Waals surface area contributed by atoms with E-state index < -0.39 is 0 Å². The molecule has 2 atom stereocenters. The second-order valence-corrected chi connectivity index (χ2v) is 3.85. The number of aromatic nitrogens is 1. The van der Waals surface area contributed by atoms with Gasteiger partial charge in [-0.05, 0) is 30.9 Å². The van der Waals surface area contributed by atoms with E-state index in [2.05, 4.69) is 17.2 Å². The highest BCUT2D eigenvalue weighted by Gasteiger charge is 2.33. The van der Waals surface area contributed by atoms with Crippen LogP contribution in [0.15, 0.2) is 12.3 Å². The number of pyridine rings is 1. The molecule has 13 heavy (non-hydrogen) atoms. The second kappa shape index (κ2) is 2.91. The molecule has 1 aromatic rings. The average Bonchev–Trinajstić information content (AvgIpc) is 2.77. The number of nitrogens with one attached hydrogen (secondary N) is 1. The third-order valence-corrected chi connectivity index (χ3v) is 2.64. The minimum Gasteiger partial charge on any atom is -0.396 e. The quantitative estimate of drug-likeness (QED) is 0.724. The Kier molecular flexibility index (Phi) is 1.87. The van der Waals surface area contributed by atoms with Crippen molar-refractivity contribution in [2.75, 3.05) is 11.1 Å². The number of nitrogens with two attached hydrogens (primary N) is 1. The van der Waals surface area contributed by atoms with Gasteiger partial charge >= 0.3 is 0 Å². The van der Waals surface area contributed by atoms with Crippen LogP contribution < -0.4 is 11.1 Å². The average molecular weight is 177 g/mol. The Labute approximate surface area is 78.4 Å². The first-order valence-electron chi connectivity index (χ1n) is 4.66. The molecule has 3 nitrogen and oxygen atoms in total. The first kappa shape index (κ1) is 8.35. The summed E-state index contributed by atoms with van der Waals surface area (Å²) >= 11 is 0. The number of anilines is 2. The van der Waals surface area contributed by atoms with Gasteiger partial charge in [-0.2, -0.15) is 0 Å². The lowest BCUT2D eigenvalue weighted by molar-refractivity contribution is 0.924. The summed E-state index contributed by atoms with van der Waals surface area (Å²) in [4.78, 5) is 4.22. The van der Waals surface area contributed by atoms with E-state index in [9.17, 15) is 0 Å². The fraction of sp³-hybridized carbons (Fsp3) is 0.500. The summed E-state index contributed by atoms with van der Waals surface area (Å²) in [5.74, 6) is 1.61. The minimum atomic E-state index is 0.580. The highest BCUT2D eigenvalue weighted by molar-refractivity contribution is 5.65. The number of hydrogen-bond donors (Lipinski definition) is 2. The van der Waals surface area contributed by atoms with Crippen molar-refractivity contribution in [2.45, 2.75) is 26.3 Å². The molecule has 0 aliphatic heterocycles. The summed E-state index contributed by atoms with van der Waals surface area (Å²) in [7, 11) is 0. The van der Waals surface area contributed by atoms with E-state index in [-0.39, 0.29) is 0 Å². The van der Waals surface area contributed by atoms with E-state index in [4.69, 9.17) is 5.73 Å². The predicted octanol–water partition coefficient (Wildman–Crippen LogP) is 1.79. The normalized spacial score (nSPS) is 25.7. The maximum absolute atomic E-state index is 5.88. The topological polar surface area (TPSA) is 50.9 Å². The van der Waals surface area contributed by atoms with Gasteiger partial charge in [-0.3, -0.25) is 0 Å². The van der Waals surface area contributed by atoms with E-state index in [1.165, 1.54) is 6.42 Å². The van der Waals surface area contributed by atoms with Gasteiger partial charge < -0.3 is 11.1 Å². The zero-order valence-corrected chi connectivity index (χ0v) is 8.04. The van der Waals surface area contributed by atoms with Crippen LogP contribution in [0.3, 0.4) is 0 Å². The predicted molar refractivity (Wildman–Crippen MR) is 54.6 cm³/mol. The molecular weight excluding hydrogens is 162 g/mol. The molecule has 1 aromatic heterocycles. The van der Waals surface area contributed by atoms with Crippen molar-refractivity contribution < 1.29 is 0 Å². The first-order chi connectivity index (χ1) is 6.18. The van der Waals surface area contributed by atoms with Crippen molar-refractivity contribution in [2.24, 2.45) is 5.92 Å². The van der Waals surface area contributed by atoms with E-state index >= 15 is 0 Å². The summed E-state index contributed by atoms with van der Waals surface area (Å²) < 4.78 is 0. The van der Waals surface area contributed by atoms with Crippen LogP contribution in [0.2, 0.25) is 0 Å². The third-order valence-electron chi connectivity index (χ3n) is 2.64. The summed E-state index contributed by atoms with van der Waals surface area (Å²) in [5.41, 5.74) is 7.75. The van der Waals surface area contributed by atoms with Gasteiger partial charge in [0, 0.05) is 12.2 Å². The lowest BCUT2D eigenvalue weighted by Gasteiger charge is -2.08. The largest absolute Gasteiger partial charge is 0.396 e. The van der Waals surface area contributed by atoms with Gasteiger partial charge in [-0.1, -0.05) is 6.92 Å². The number of hydrogen-bond acceptors (Lipinski definition) is 3. The molecular formula is C10H15N3. The molecule has 1 heterocycles. The van der Waals surface area contributed by atoms with Crippen LogP contribution in [0.5, 0.6) is 0 Å². The summed E-state index contributed by atoms with van der Waals surface area (Å²) in [6, 6.07) is 2.51. The zero-order valence-electron chi connectivity index (χ0n) is 8.04. The van der Waals surface area contributed by atoms with E-state index in [1.54, 1.807) is 6.20 Å². The van der Waals surface area contributed by atoms with Crippen LogP contribution in [0, 0.1) is 12.8 Å². The fourth-order valence-corrected chi connectivity index (χ4v) is 1.38. The first-order valence-corrected chi connectivity index (χ1v) is 4.66. The van der Waals surface area contributed by atoms with Gasteiger partial charge in [0.15, 0.2) is 0 Å². The number of nitrogen functional groups attached to an aromatic ring is 1. The summed E-state index contributed by atoms with van der Waals surface area (Å²) in [5, 5.41) is 3.34. The van der Waals surface area contributed by atoms with Gasteiger partial charge in [0.05, 0.1) is 5.69 Å². The molecule has 2 rings (SSSR count). The van der Waals surface area contributed by atoms with Crippen molar-refractivity contribution in [3.63, 3.8) is 0 Å². The van der Waals surface area contributed by atoms with Crippen LogP contribution in [0.4, 0.5) is 11.5 Å². The van der Waals surface area contributed by atoms with Crippen LogP contribution in [-0.4, -0.2) is 11.0 Å². The molecule has 70 valence electrons. The van der Waals surface area contributed by atoms with E-state index in [0.717, 1.165) is 23.0 Å². The van der Waals surface area contributed by atoms with Crippen molar-refractivity contribution in [1.29, 1.82) is 0 Å². The number of rotatable bonds is 2. The maximum atomic E-state index is 5.88. The van der Waals surface area contributed by atoms with E-state index in [0.29, 0.717) is 6.04 Å². The summed E-state index contributed by atoms with van der Waals surface area (Å²) in [6.07, 6.45) is 3.02. The zero-order chi connectivity index (χ0) is 9.42. The molecule has 3 N–H and O–H groups in total. The lowest BCUT2D eigenvalue weighted by atomic mass is 10.2. The molecule has 0 spiro atoms. The molecule has 1 aliphatic rings. The maximum Gasteiger partial charge on any atom is 0.149 e. The van der Waals surface area contributed by atoms with Crippen LogP contribution >= 0.6 is 0 Å². The molecule has 0 amide bonds. The highest BCUT2D eigenvalue weighted by atomic mass is 15.1. The molecule has 0 radical (unpaired) electrons. The Balaban J connectivity index is 2.15. The van der Waals surface area contributed by atoms with Crippen LogP contribution in [0.1, 0.15) is 18.9 Å². The second-order valence-electron chi connectivity index (χ2n) is 3.85. The van der Waals surface area contributed by atoms with Crippen LogP contribution in [-0.2, 0) is 0 Å². The van der Waals surface area contributed by atoms with Crippen molar-refractivity contribution >= 4 is 11.5 Å². The molecule has 0 bridgehead atoms. The Morgan fingerprint density at radius 2 is 2.31 bits per heavy atom. The molecule has 2 unspecified atom stereocenters. The van der Waals surface area contributed by atoms with Gasteiger partial charge in [-0.15, -0.1) is 0 Å². The van der Waals surface area contributed by atoms with Gasteiger partial charge in [0.25, 0.3) is 0 Å². The molecule has 0 aromatic carbocycles. The Bertz CT molecular complexity index is 322. The minimum absolute atomic E-state index is 0.580. The standard InChI is InChI=1S/C10H15N3/c1-6-3-4-12-10(9(6)11)13-8-5-7(8)2/h3-4,7-8H,5,11H2,1-2H3,(H,12,13). The third kappa shape index (κ3) is 1.59. The van der Waals surface area contributed by atoms with Gasteiger partial charge in [0.1, 0.15) is 5.82 Å². The smallest absolute Gasteiger partial charge is 0.149 e. The Morgan fingerprint density at radius 3 is 2.92 bits per heavy atom.